The maximum absolute atomic E-state index is 14.1. The van der Waals surface area contributed by atoms with E-state index in [1.54, 1.807) is 7.11 Å². The summed E-state index contributed by atoms with van der Waals surface area (Å²) >= 11 is 6.18. The second kappa shape index (κ2) is 9.82. The van der Waals surface area contributed by atoms with Crippen molar-refractivity contribution < 1.29 is 14.3 Å². The average Bonchev–Trinajstić information content (AvgIpc) is 3.34. The number of carbonyl (C=O) groups excluding carboxylic acids is 2. The van der Waals surface area contributed by atoms with E-state index >= 15 is 0 Å². The number of allylic oxidation sites excluding steroid dienone is 2. The van der Waals surface area contributed by atoms with E-state index in [0.29, 0.717) is 40.4 Å². The Kier molecular flexibility index (Phi) is 7.05. The third kappa shape index (κ3) is 3.90. The molecule has 0 saturated heterocycles. The van der Waals surface area contributed by atoms with Crippen LogP contribution in [0.5, 0.6) is 0 Å². The first-order valence-electron chi connectivity index (χ1n) is 16.4. The van der Waals surface area contributed by atoms with Gasteiger partial charge in [-0.2, -0.15) is 0 Å². The number of methoxy groups -OCH3 is 1. The van der Waals surface area contributed by atoms with E-state index in [1.807, 2.05) is 24.3 Å². The van der Waals surface area contributed by atoms with Gasteiger partial charge in [-0.3, -0.25) is 9.59 Å². The molecule has 0 bridgehead atoms. The molecule has 0 N–H and O–H groups in total. The lowest BCUT2D eigenvalue weighted by atomic mass is 9.32. The second-order valence-electron chi connectivity index (χ2n) is 16.3. The summed E-state index contributed by atoms with van der Waals surface area (Å²) in [5, 5.41) is 0.715. The lowest BCUT2D eigenvalue weighted by Crippen LogP contribution is -2.67. The van der Waals surface area contributed by atoms with Crippen molar-refractivity contribution in [1.82, 2.24) is 0 Å². The summed E-state index contributed by atoms with van der Waals surface area (Å²) in [4.78, 5) is 27.6. The third-order valence-corrected chi connectivity index (χ3v) is 14.7. The molecule has 4 heteroatoms. The van der Waals surface area contributed by atoms with Crippen molar-refractivity contribution in [3.63, 3.8) is 0 Å². The number of hydrogen-bond donors (Lipinski definition) is 0. The molecule has 0 amide bonds. The van der Waals surface area contributed by atoms with Crippen molar-refractivity contribution in [3.05, 3.63) is 52.6 Å². The highest BCUT2D eigenvalue weighted by Gasteiger charge is 2.72. The molecule has 0 aliphatic heterocycles. The summed E-state index contributed by atoms with van der Waals surface area (Å²) in [5.74, 6) is 2.42. The maximum Gasteiger partial charge on any atom is 0.312 e. The Morgan fingerprint density at radius 3 is 2.26 bits per heavy atom. The summed E-state index contributed by atoms with van der Waals surface area (Å²) in [7, 11) is 1.58. The second-order valence-corrected chi connectivity index (χ2v) is 16.7. The molecule has 0 heterocycles. The summed E-state index contributed by atoms with van der Waals surface area (Å²) in [5.41, 5.74) is 2.83. The van der Waals surface area contributed by atoms with Crippen LogP contribution in [0.4, 0.5) is 0 Å². The number of benzene rings is 1. The molecule has 0 radical (unpaired) electrons. The first-order valence-corrected chi connectivity index (χ1v) is 16.8. The third-order valence-electron chi connectivity index (χ3n) is 14.5. The first kappa shape index (κ1) is 30.2. The van der Waals surface area contributed by atoms with Crippen LogP contribution in [-0.4, -0.2) is 18.9 Å². The predicted octanol–water partition coefficient (Wildman–Crippen LogP) is 9.73. The Hall–Kier alpha value is -1.87. The number of hydrogen-bond acceptors (Lipinski definition) is 3. The fourth-order valence-corrected chi connectivity index (χ4v) is 12.6. The van der Waals surface area contributed by atoms with Crippen LogP contribution in [0.2, 0.25) is 5.02 Å². The van der Waals surface area contributed by atoms with Crippen LogP contribution in [0.1, 0.15) is 105 Å². The highest BCUT2D eigenvalue weighted by molar-refractivity contribution is 6.30. The molecule has 42 heavy (non-hydrogen) atoms. The summed E-state index contributed by atoms with van der Waals surface area (Å²) in [6.07, 6.45) is 11.5. The Morgan fingerprint density at radius 1 is 0.929 bits per heavy atom. The fraction of sp³-hybridized carbons (Fsp3) is 0.684. The molecule has 0 unspecified atom stereocenters. The SMILES string of the molecule is C=C(C)[C@H]1CC[C@@]2(C(=O)OC)CC[C@]3(C)[C@@H](CC[C@H]4[C@@]5(C)CC(=Cc6ccc(Cl)cc6)C(=O)C(C)(C)[C@H]5CC[C@]43C)[C@@H]12. The van der Waals surface area contributed by atoms with Gasteiger partial charge in [0, 0.05) is 10.4 Å². The highest BCUT2D eigenvalue weighted by Crippen LogP contribution is 2.77. The van der Waals surface area contributed by atoms with Gasteiger partial charge >= 0.3 is 5.97 Å². The lowest BCUT2D eigenvalue weighted by molar-refractivity contribution is -0.232. The zero-order valence-electron chi connectivity index (χ0n) is 26.9. The molecule has 1 aromatic rings. The number of rotatable bonds is 3. The smallest absolute Gasteiger partial charge is 0.312 e. The van der Waals surface area contributed by atoms with Gasteiger partial charge in [0.15, 0.2) is 5.78 Å². The molecule has 6 rings (SSSR count). The molecular formula is C38H51ClO3. The molecule has 5 fully saturated rings. The van der Waals surface area contributed by atoms with Crippen LogP contribution in [0.3, 0.4) is 0 Å². The van der Waals surface area contributed by atoms with Gasteiger partial charge in [-0.15, -0.1) is 0 Å². The van der Waals surface area contributed by atoms with Gasteiger partial charge in [0.2, 0.25) is 0 Å². The van der Waals surface area contributed by atoms with E-state index in [2.05, 4.69) is 54.2 Å². The van der Waals surface area contributed by atoms with Crippen LogP contribution in [0.25, 0.3) is 6.08 Å². The zero-order valence-corrected chi connectivity index (χ0v) is 27.7. The highest BCUT2D eigenvalue weighted by atomic mass is 35.5. The van der Waals surface area contributed by atoms with E-state index in [1.165, 1.54) is 12.0 Å². The van der Waals surface area contributed by atoms with Gasteiger partial charge < -0.3 is 4.74 Å². The van der Waals surface area contributed by atoms with Crippen molar-refractivity contribution in [1.29, 1.82) is 0 Å². The van der Waals surface area contributed by atoms with E-state index < -0.39 is 5.41 Å². The molecule has 5 aliphatic carbocycles. The topological polar surface area (TPSA) is 43.4 Å². The number of halogens is 1. The number of carbonyl (C=O) groups is 2. The largest absolute Gasteiger partial charge is 0.469 e. The van der Waals surface area contributed by atoms with Crippen LogP contribution in [0, 0.1) is 56.7 Å². The first-order chi connectivity index (χ1) is 19.7. The zero-order chi connectivity index (χ0) is 30.5. The van der Waals surface area contributed by atoms with Crippen molar-refractivity contribution in [2.24, 2.45) is 56.7 Å². The van der Waals surface area contributed by atoms with E-state index in [-0.39, 0.29) is 27.6 Å². The Morgan fingerprint density at radius 2 is 1.62 bits per heavy atom. The standard InChI is InChI=1S/C38H51ClO3/c1-23(2)27-15-18-38(33(41)42-8)20-19-36(6)28(31(27)38)13-14-30-35(5)22-25(21-24-9-11-26(39)12-10-24)32(40)34(3,4)29(35)16-17-37(30,36)7/h9-12,21,27-31H,1,13-20,22H2,2-8H3/t27-,28+,29-,30+,31-,35+,36-,37-,38-/m1/s1. The number of Topliss-reactive ketones (excluding diaryl/α,β-unsaturated/α-hetero) is 1. The molecule has 3 nitrogen and oxygen atoms in total. The molecule has 0 aromatic heterocycles. The molecule has 228 valence electrons. The van der Waals surface area contributed by atoms with Crippen molar-refractivity contribution in [2.45, 2.75) is 99.3 Å². The fourth-order valence-electron chi connectivity index (χ4n) is 12.4. The number of ether oxygens (including phenoxy) is 1. The molecule has 1 aromatic carbocycles. The van der Waals surface area contributed by atoms with Gasteiger partial charge in [-0.1, -0.05) is 70.5 Å². The summed E-state index contributed by atoms with van der Waals surface area (Å²) in [6, 6.07) is 7.87. The Balaban J connectivity index is 1.41. The van der Waals surface area contributed by atoms with E-state index in [4.69, 9.17) is 16.3 Å². The molecular weight excluding hydrogens is 540 g/mol. The van der Waals surface area contributed by atoms with Crippen molar-refractivity contribution in [3.8, 4) is 0 Å². The van der Waals surface area contributed by atoms with Crippen LogP contribution < -0.4 is 0 Å². The average molecular weight is 591 g/mol. The molecule has 9 atom stereocenters. The monoisotopic (exact) mass is 590 g/mol. The number of fused-ring (bicyclic) bond motifs is 7. The summed E-state index contributed by atoms with van der Waals surface area (Å²) in [6.45, 7) is 18.8. The number of ketones is 1. The minimum Gasteiger partial charge on any atom is -0.469 e. The van der Waals surface area contributed by atoms with Gasteiger partial charge in [0.05, 0.1) is 12.5 Å². The van der Waals surface area contributed by atoms with Crippen LogP contribution in [-0.2, 0) is 14.3 Å². The normalized spacial score (nSPS) is 44.9. The quantitative estimate of drug-likeness (QED) is 0.200. The van der Waals surface area contributed by atoms with E-state index in [0.717, 1.165) is 62.5 Å². The number of esters is 1. The molecule has 5 aliphatic rings. The minimum atomic E-state index is -0.395. The van der Waals surface area contributed by atoms with Gasteiger partial charge in [-0.25, -0.2) is 0 Å². The van der Waals surface area contributed by atoms with Gasteiger partial charge in [-0.05, 0) is 140 Å². The van der Waals surface area contributed by atoms with Crippen molar-refractivity contribution in [2.75, 3.05) is 7.11 Å². The van der Waals surface area contributed by atoms with Crippen LogP contribution >= 0.6 is 11.6 Å². The van der Waals surface area contributed by atoms with Gasteiger partial charge in [0.1, 0.15) is 0 Å². The van der Waals surface area contributed by atoms with Crippen molar-refractivity contribution >= 4 is 29.4 Å². The lowest BCUT2D eigenvalue weighted by Gasteiger charge is -2.72. The Bertz CT molecular complexity index is 1340. The van der Waals surface area contributed by atoms with Crippen LogP contribution in [0.15, 0.2) is 42.0 Å². The minimum absolute atomic E-state index is 0.0192. The van der Waals surface area contributed by atoms with E-state index in [9.17, 15) is 9.59 Å². The molecule has 0 spiro atoms. The predicted molar refractivity (Wildman–Crippen MR) is 171 cm³/mol. The van der Waals surface area contributed by atoms with Gasteiger partial charge in [0.25, 0.3) is 0 Å². The maximum atomic E-state index is 14.1. The Labute approximate surface area is 258 Å². The molecule has 5 saturated carbocycles. The summed E-state index contributed by atoms with van der Waals surface area (Å²) < 4.78 is 5.54.